The zero-order chi connectivity index (χ0) is 24.4. The lowest BCUT2D eigenvalue weighted by Crippen LogP contribution is -2.00. The number of nitrogen functional groups attached to an aromatic ring is 1. The second-order valence-corrected chi connectivity index (χ2v) is 8.36. The summed E-state index contributed by atoms with van der Waals surface area (Å²) >= 11 is 1.26. The molecule has 0 fully saturated rings. The fourth-order valence-corrected chi connectivity index (χ4v) is 4.46. The first-order chi connectivity index (χ1) is 17.0. The Morgan fingerprint density at radius 1 is 0.914 bits per heavy atom. The standard InChI is InChI=1S/C25H18F2N6OS/c1-34-20-8-3-2-7-17(20)31-25-29-12-11-18(32-25)23-22(15-5-4-6-16(28)21(15)27)33-24(35-23)19-10-9-14(26)13-30-19/h2-13H,28H2,1H3,(H,29,31,32). The van der Waals surface area contributed by atoms with E-state index < -0.39 is 11.6 Å². The number of nitrogens with one attached hydrogen (secondary N) is 1. The third-order valence-electron chi connectivity index (χ3n) is 5.10. The summed E-state index contributed by atoms with van der Waals surface area (Å²) in [5.74, 6) is -0.0954. The highest BCUT2D eigenvalue weighted by atomic mass is 32.1. The number of hydrogen-bond acceptors (Lipinski definition) is 8. The molecule has 0 bridgehead atoms. The maximum Gasteiger partial charge on any atom is 0.227 e. The Bertz CT molecular complexity index is 1510. The predicted octanol–water partition coefficient (Wildman–Crippen LogP) is 5.94. The fraction of sp³-hybridized carbons (Fsp3) is 0.0400. The summed E-state index contributed by atoms with van der Waals surface area (Å²) in [4.78, 5) is 18.3. The zero-order valence-corrected chi connectivity index (χ0v) is 19.2. The number of halogens is 2. The van der Waals surface area contributed by atoms with Crippen LogP contribution in [0.1, 0.15) is 0 Å². The van der Waals surface area contributed by atoms with Gasteiger partial charge in [0.1, 0.15) is 16.6 Å². The number of ether oxygens (including phenoxy) is 1. The van der Waals surface area contributed by atoms with Gasteiger partial charge >= 0.3 is 0 Å². The van der Waals surface area contributed by atoms with Crippen LogP contribution in [0.25, 0.3) is 32.5 Å². The minimum absolute atomic E-state index is 0.00382. The Labute approximate surface area is 203 Å². The molecule has 0 aliphatic carbocycles. The molecule has 0 amide bonds. The van der Waals surface area contributed by atoms with Gasteiger partial charge in [-0.25, -0.2) is 23.7 Å². The quantitative estimate of drug-likeness (QED) is 0.285. The lowest BCUT2D eigenvalue weighted by molar-refractivity contribution is 0.417. The number of thiazole rings is 1. The minimum atomic E-state index is -0.584. The fourth-order valence-electron chi connectivity index (χ4n) is 3.43. The third kappa shape index (κ3) is 4.51. The summed E-state index contributed by atoms with van der Waals surface area (Å²) in [6.07, 6.45) is 2.70. The number of nitrogens with zero attached hydrogens (tertiary/aromatic N) is 4. The van der Waals surface area contributed by atoms with Gasteiger partial charge in [0.25, 0.3) is 0 Å². The van der Waals surface area contributed by atoms with Crippen LogP contribution in [-0.4, -0.2) is 27.0 Å². The molecule has 3 N–H and O–H groups in total. The molecule has 35 heavy (non-hydrogen) atoms. The molecule has 10 heteroatoms. The monoisotopic (exact) mass is 488 g/mol. The van der Waals surface area contributed by atoms with Gasteiger partial charge in [0.2, 0.25) is 5.95 Å². The molecule has 0 aliphatic rings. The highest BCUT2D eigenvalue weighted by molar-refractivity contribution is 7.18. The lowest BCUT2D eigenvalue weighted by Gasteiger charge is -2.10. The molecule has 0 spiro atoms. The van der Waals surface area contributed by atoms with Crippen molar-refractivity contribution in [2.24, 2.45) is 0 Å². The average molecular weight is 489 g/mol. The van der Waals surface area contributed by atoms with Crippen molar-refractivity contribution in [2.45, 2.75) is 0 Å². The molecule has 0 saturated carbocycles. The largest absolute Gasteiger partial charge is 0.495 e. The molecule has 5 aromatic rings. The van der Waals surface area contributed by atoms with Crippen molar-refractivity contribution in [1.82, 2.24) is 19.9 Å². The van der Waals surface area contributed by atoms with Crippen LogP contribution in [0.4, 0.5) is 26.1 Å². The molecular weight excluding hydrogens is 470 g/mol. The highest BCUT2D eigenvalue weighted by Crippen LogP contribution is 2.41. The normalized spacial score (nSPS) is 10.8. The topological polar surface area (TPSA) is 98.8 Å². The van der Waals surface area contributed by atoms with Crippen LogP contribution in [0.3, 0.4) is 0 Å². The van der Waals surface area contributed by atoms with Crippen molar-refractivity contribution < 1.29 is 13.5 Å². The van der Waals surface area contributed by atoms with E-state index >= 15 is 4.39 Å². The molecule has 0 atom stereocenters. The zero-order valence-electron chi connectivity index (χ0n) is 18.4. The number of aromatic nitrogens is 4. The smallest absolute Gasteiger partial charge is 0.227 e. The Kier molecular flexibility index (Phi) is 6.02. The predicted molar refractivity (Wildman–Crippen MR) is 132 cm³/mol. The van der Waals surface area contributed by atoms with Crippen molar-refractivity contribution in [1.29, 1.82) is 0 Å². The number of pyridine rings is 1. The summed E-state index contributed by atoms with van der Waals surface area (Å²) in [7, 11) is 1.58. The molecule has 5 rings (SSSR count). The number of para-hydroxylation sites is 2. The van der Waals surface area contributed by atoms with Crippen molar-refractivity contribution in [3.8, 4) is 38.3 Å². The Balaban J connectivity index is 1.62. The van der Waals surface area contributed by atoms with Gasteiger partial charge in [0.05, 0.1) is 46.6 Å². The van der Waals surface area contributed by atoms with Gasteiger partial charge in [-0.05, 0) is 42.5 Å². The van der Waals surface area contributed by atoms with Crippen LogP contribution in [0.2, 0.25) is 0 Å². The number of hydrogen-bond donors (Lipinski definition) is 2. The summed E-state index contributed by atoms with van der Waals surface area (Å²) in [6.45, 7) is 0. The molecule has 0 saturated heterocycles. The molecular formula is C25H18F2N6OS. The van der Waals surface area contributed by atoms with E-state index in [1.807, 2.05) is 24.3 Å². The first kappa shape index (κ1) is 22.4. The Morgan fingerprint density at radius 3 is 2.57 bits per heavy atom. The van der Waals surface area contributed by atoms with E-state index in [9.17, 15) is 4.39 Å². The van der Waals surface area contributed by atoms with E-state index in [1.54, 1.807) is 31.5 Å². The van der Waals surface area contributed by atoms with E-state index in [2.05, 4.69) is 25.3 Å². The second-order valence-electron chi connectivity index (χ2n) is 7.36. The number of benzene rings is 2. The van der Waals surface area contributed by atoms with Crippen LogP contribution in [0.5, 0.6) is 5.75 Å². The number of rotatable bonds is 6. The molecule has 3 aromatic heterocycles. The van der Waals surface area contributed by atoms with Gasteiger partial charge < -0.3 is 15.8 Å². The lowest BCUT2D eigenvalue weighted by atomic mass is 10.1. The van der Waals surface area contributed by atoms with Gasteiger partial charge in [-0.15, -0.1) is 11.3 Å². The van der Waals surface area contributed by atoms with Gasteiger partial charge in [-0.3, -0.25) is 4.98 Å². The van der Waals surface area contributed by atoms with E-state index in [0.29, 0.717) is 44.4 Å². The summed E-state index contributed by atoms with van der Waals surface area (Å²) in [5.41, 5.74) is 8.05. The van der Waals surface area contributed by atoms with E-state index in [0.717, 1.165) is 6.20 Å². The Morgan fingerprint density at radius 2 is 1.77 bits per heavy atom. The second kappa shape index (κ2) is 9.43. The maximum absolute atomic E-state index is 15.0. The molecule has 2 aromatic carbocycles. The molecule has 174 valence electrons. The van der Waals surface area contributed by atoms with Gasteiger partial charge in [0, 0.05) is 11.8 Å². The highest BCUT2D eigenvalue weighted by Gasteiger charge is 2.21. The molecule has 3 heterocycles. The maximum atomic E-state index is 15.0. The van der Waals surface area contributed by atoms with Crippen LogP contribution in [0.15, 0.2) is 73.1 Å². The van der Waals surface area contributed by atoms with Gasteiger partial charge in [-0.1, -0.05) is 18.2 Å². The van der Waals surface area contributed by atoms with Crippen LogP contribution < -0.4 is 15.8 Å². The molecule has 7 nitrogen and oxygen atoms in total. The third-order valence-corrected chi connectivity index (χ3v) is 6.20. The van der Waals surface area contributed by atoms with E-state index in [1.165, 1.54) is 29.5 Å². The number of methoxy groups -OCH3 is 1. The molecule has 0 aliphatic heterocycles. The SMILES string of the molecule is COc1ccccc1Nc1nccc(-c2sc(-c3ccc(F)cn3)nc2-c2cccc(N)c2F)n1. The van der Waals surface area contributed by atoms with Crippen LogP contribution in [-0.2, 0) is 0 Å². The molecule has 0 unspecified atom stereocenters. The van der Waals surface area contributed by atoms with Gasteiger partial charge in [-0.2, -0.15) is 0 Å². The first-order valence-corrected chi connectivity index (χ1v) is 11.3. The summed E-state index contributed by atoms with van der Waals surface area (Å²) in [6, 6.07) is 16.6. The van der Waals surface area contributed by atoms with Gasteiger partial charge in [0.15, 0.2) is 5.82 Å². The summed E-state index contributed by atoms with van der Waals surface area (Å²) < 4.78 is 33.8. The minimum Gasteiger partial charge on any atom is -0.495 e. The average Bonchev–Trinajstić information content (AvgIpc) is 3.32. The van der Waals surface area contributed by atoms with Crippen LogP contribution in [0, 0.1) is 11.6 Å². The van der Waals surface area contributed by atoms with Crippen molar-refractivity contribution >= 4 is 28.7 Å². The van der Waals surface area contributed by atoms with E-state index in [-0.39, 0.29) is 11.3 Å². The van der Waals surface area contributed by atoms with Crippen LogP contribution >= 0.6 is 11.3 Å². The molecule has 0 radical (unpaired) electrons. The Hall–Kier alpha value is -4.44. The summed E-state index contributed by atoms with van der Waals surface area (Å²) in [5, 5.41) is 3.63. The number of nitrogens with two attached hydrogens (primary N) is 1. The van der Waals surface area contributed by atoms with Crippen molar-refractivity contribution in [3.63, 3.8) is 0 Å². The number of anilines is 3. The first-order valence-electron chi connectivity index (χ1n) is 10.4. The van der Waals surface area contributed by atoms with Crippen molar-refractivity contribution in [2.75, 3.05) is 18.2 Å². The van der Waals surface area contributed by atoms with E-state index in [4.69, 9.17) is 10.5 Å². The van der Waals surface area contributed by atoms with Crippen molar-refractivity contribution in [3.05, 3.63) is 84.7 Å².